The zero-order chi connectivity index (χ0) is 11.7. The van der Waals surface area contributed by atoms with Crippen LogP contribution < -0.4 is 0 Å². The zero-order valence-corrected chi connectivity index (χ0v) is 10.7. The summed E-state index contributed by atoms with van der Waals surface area (Å²) in [7, 11) is 0. The normalized spacial score (nSPS) is 25.2. The summed E-state index contributed by atoms with van der Waals surface area (Å²) in [6.07, 6.45) is 5.62. The number of hydrogen-bond donors (Lipinski definition) is 1. The Hall–Kier alpha value is -0.860. The third-order valence-corrected chi connectivity index (χ3v) is 4.92. The molecule has 17 heavy (non-hydrogen) atoms. The Morgan fingerprint density at radius 3 is 2.88 bits per heavy atom. The molecule has 3 rings (SSSR count). The third-order valence-electron chi connectivity index (χ3n) is 3.91. The highest BCUT2D eigenvalue weighted by Crippen LogP contribution is 2.32. The maximum absolute atomic E-state index is 10.0. The van der Waals surface area contributed by atoms with Gasteiger partial charge in [-0.1, -0.05) is 31.0 Å². The molecule has 1 aliphatic carbocycles. The number of rotatable bonds is 2. The Labute approximate surface area is 106 Å². The molecule has 0 saturated heterocycles. The second-order valence-electron chi connectivity index (χ2n) is 5.07. The second-order valence-corrected chi connectivity index (χ2v) is 5.98. The van der Waals surface area contributed by atoms with Crippen LogP contribution in [-0.4, -0.2) is 11.2 Å². The lowest BCUT2D eigenvalue weighted by molar-refractivity contribution is 0.0702. The van der Waals surface area contributed by atoms with Gasteiger partial charge >= 0.3 is 0 Å². The largest absolute Gasteiger partial charge is 0.393 e. The number of aliphatic hydroxyl groups is 1. The maximum atomic E-state index is 10.0. The van der Waals surface area contributed by atoms with Crippen LogP contribution in [0.2, 0.25) is 0 Å². The molecule has 1 aliphatic rings. The number of fused-ring (bicyclic) bond motifs is 1. The van der Waals surface area contributed by atoms with Crippen molar-refractivity contribution in [1.82, 2.24) is 0 Å². The fourth-order valence-corrected chi connectivity index (χ4v) is 3.88. The van der Waals surface area contributed by atoms with Crippen LogP contribution in [0.4, 0.5) is 0 Å². The number of aliphatic hydroxyl groups excluding tert-OH is 1. The molecule has 2 heteroatoms. The van der Waals surface area contributed by atoms with Crippen LogP contribution in [0.5, 0.6) is 0 Å². The van der Waals surface area contributed by atoms with Gasteiger partial charge in [0.2, 0.25) is 0 Å². The van der Waals surface area contributed by atoms with E-state index in [0.29, 0.717) is 5.92 Å². The molecule has 90 valence electrons. The maximum Gasteiger partial charge on any atom is 0.0571 e. The van der Waals surface area contributed by atoms with Gasteiger partial charge in [0.1, 0.15) is 0 Å². The quantitative estimate of drug-likeness (QED) is 0.849. The first kappa shape index (κ1) is 11.2. The van der Waals surface area contributed by atoms with Crippen molar-refractivity contribution in [1.29, 1.82) is 0 Å². The van der Waals surface area contributed by atoms with E-state index in [9.17, 15) is 5.11 Å². The van der Waals surface area contributed by atoms with Crippen LogP contribution in [-0.2, 0) is 6.42 Å². The summed E-state index contributed by atoms with van der Waals surface area (Å²) in [6.45, 7) is 0. The monoisotopic (exact) mass is 246 g/mol. The van der Waals surface area contributed by atoms with Crippen molar-refractivity contribution in [3.63, 3.8) is 0 Å². The summed E-state index contributed by atoms with van der Waals surface area (Å²) in [4.78, 5) is 0. The average Bonchev–Trinajstić information content (AvgIpc) is 2.76. The van der Waals surface area contributed by atoms with Crippen LogP contribution in [0.1, 0.15) is 31.2 Å². The smallest absolute Gasteiger partial charge is 0.0571 e. The molecule has 1 aromatic heterocycles. The lowest BCUT2D eigenvalue weighted by Gasteiger charge is -2.27. The van der Waals surface area contributed by atoms with Gasteiger partial charge in [-0.3, -0.25) is 0 Å². The van der Waals surface area contributed by atoms with Crippen LogP contribution >= 0.6 is 11.3 Å². The summed E-state index contributed by atoms with van der Waals surface area (Å²) in [5.74, 6) is 0.474. The van der Waals surface area contributed by atoms with E-state index in [1.165, 1.54) is 34.9 Å². The third kappa shape index (κ3) is 2.24. The first-order valence-electron chi connectivity index (χ1n) is 6.48. The minimum absolute atomic E-state index is 0.0811. The average molecular weight is 246 g/mol. The lowest BCUT2D eigenvalue weighted by Crippen LogP contribution is -2.26. The molecular formula is C15H18OS. The topological polar surface area (TPSA) is 20.2 Å². The Morgan fingerprint density at radius 2 is 2.00 bits per heavy atom. The van der Waals surface area contributed by atoms with Gasteiger partial charge in [-0.15, -0.1) is 11.3 Å². The number of hydrogen-bond acceptors (Lipinski definition) is 2. The van der Waals surface area contributed by atoms with E-state index in [4.69, 9.17) is 0 Å². The Bertz CT molecular complexity index is 502. The highest BCUT2D eigenvalue weighted by atomic mass is 32.1. The van der Waals surface area contributed by atoms with Crippen molar-refractivity contribution in [3.05, 3.63) is 35.2 Å². The zero-order valence-electron chi connectivity index (χ0n) is 9.93. The van der Waals surface area contributed by atoms with E-state index in [1.54, 1.807) is 0 Å². The molecule has 1 fully saturated rings. The van der Waals surface area contributed by atoms with E-state index in [-0.39, 0.29) is 6.10 Å². The van der Waals surface area contributed by atoms with E-state index >= 15 is 0 Å². The van der Waals surface area contributed by atoms with E-state index in [1.807, 2.05) is 11.3 Å². The molecule has 1 N–H and O–H groups in total. The lowest BCUT2D eigenvalue weighted by atomic mass is 9.82. The summed E-state index contributed by atoms with van der Waals surface area (Å²) < 4.78 is 1.37. The highest BCUT2D eigenvalue weighted by molar-refractivity contribution is 7.17. The molecule has 0 bridgehead atoms. The van der Waals surface area contributed by atoms with Crippen molar-refractivity contribution >= 4 is 21.4 Å². The van der Waals surface area contributed by atoms with Crippen LogP contribution in [0.15, 0.2) is 29.6 Å². The van der Waals surface area contributed by atoms with Crippen molar-refractivity contribution in [2.75, 3.05) is 0 Å². The molecule has 2 atom stereocenters. The summed E-state index contributed by atoms with van der Waals surface area (Å²) >= 11 is 1.82. The van der Waals surface area contributed by atoms with Gasteiger partial charge in [-0.25, -0.2) is 0 Å². The number of thiophene rings is 1. The fraction of sp³-hybridized carbons (Fsp3) is 0.467. The number of benzene rings is 1. The van der Waals surface area contributed by atoms with Crippen LogP contribution in [0, 0.1) is 5.92 Å². The molecule has 2 aromatic rings. The van der Waals surface area contributed by atoms with Crippen molar-refractivity contribution < 1.29 is 5.11 Å². The minimum Gasteiger partial charge on any atom is -0.393 e. The van der Waals surface area contributed by atoms with E-state index in [2.05, 4.69) is 29.6 Å². The van der Waals surface area contributed by atoms with E-state index in [0.717, 1.165) is 12.8 Å². The Balaban J connectivity index is 1.84. The van der Waals surface area contributed by atoms with Crippen molar-refractivity contribution in [2.24, 2.45) is 5.92 Å². The first-order valence-corrected chi connectivity index (χ1v) is 7.36. The molecule has 1 aromatic carbocycles. The Morgan fingerprint density at radius 1 is 1.18 bits per heavy atom. The Kier molecular flexibility index (Phi) is 3.17. The van der Waals surface area contributed by atoms with Crippen molar-refractivity contribution in [2.45, 2.75) is 38.2 Å². The highest BCUT2D eigenvalue weighted by Gasteiger charge is 2.23. The molecule has 1 nitrogen and oxygen atoms in total. The van der Waals surface area contributed by atoms with Gasteiger partial charge in [0, 0.05) is 4.70 Å². The standard InChI is InChI=1S/C15H18OS/c16-14-7-3-1-5-11(14)9-12-10-17-15-8-4-2-6-13(12)15/h2,4,6,8,10-11,14,16H,1,3,5,7,9H2. The molecule has 1 heterocycles. The van der Waals surface area contributed by atoms with Gasteiger partial charge in [-0.2, -0.15) is 0 Å². The molecule has 2 unspecified atom stereocenters. The molecule has 0 spiro atoms. The first-order chi connectivity index (χ1) is 8.34. The molecular weight excluding hydrogens is 228 g/mol. The predicted octanol–water partition coefficient (Wildman–Crippen LogP) is 3.99. The van der Waals surface area contributed by atoms with E-state index < -0.39 is 0 Å². The van der Waals surface area contributed by atoms with Gasteiger partial charge in [-0.05, 0) is 47.6 Å². The minimum atomic E-state index is -0.0811. The van der Waals surface area contributed by atoms with Crippen LogP contribution in [0.3, 0.4) is 0 Å². The molecule has 1 saturated carbocycles. The predicted molar refractivity (Wildman–Crippen MR) is 73.5 cm³/mol. The molecule has 0 aliphatic heterocycles. The van der Waals surface area contributed by atoms with Gasteiger partial charge in [0.05, 0.1) is 6.10 Å². The van der Waals surface area contributed by atoms with Crippen molar-refractivity contribution in [3.8, 4) is 0 Å². The summed E-state index contributed by atoms with van der Waals surface area (Å²) in [5.41, 5.74) is 1.43. The fourth-order valence-electron chi connectivity index (χ4n) is 2.90. The molecule has 0 amide bonds. The summed E-state index contributed by atoms with van der Waals surface area (Å²) in [6, 6.07) is 8.59. The summed E-state index contributed by atoms with van der Waals surface area (Å²) in [5, 5.41) is 13.7. The van der Waals surface area contributed by atoms with Gasteiger partial charge < -0.3 is 5.11 Å². The molecule has 0 radical (unpaired) electrons. The second kappa shape index (κ2) is 4.79. The SMILES string of the molecule is OC1CCCCC1Cc1csc2ccccc12. The van der Waals surface area contributed by atoms with Gasteiger partial charge in [0.15, 0.2) is 0 Å². The van der Waals surface area contributed by atoms with Crippen LogP contribution in [0.25, 0.3) is 10.1 Å². The van der Waals surface area contributed by atoms with Gasteiger partial charge in [0.25, 0.3) is 0 Å².